The molecule has 2 unspecified atom stereocenters. The van der Waals surface area contributed by atoms with Gasteiger partial charge in [-0.1, -0.05) is 17.7 Å². The summed E-state index contributed by atoms with van der Waals surface area (Å²) < 4.78 is 0. The number of likely N-dealkylation sites (tertiary alicyclic amines) is 1. The molecule has 1 amide bonds. The van der Waals surface area contributed by atoms with Crippen LogP contribution in [0.3, 0.4) is 0 Å². The highest BCUT2D eigenvalue weighted by Crippen LogP contribution is 2.23. The van der Waals surface area contributed by atoms with Crippen molar-refractivity contribution in [2.45, 2.75) is 25.8 Å². The van der Waals surface area contributed by atoms with Crippen LogP contribution in [0.1, 0.15) is 30.1 Å². The van der Waals surface area contributed by atoms with Gasteiger partial charge in [0.2, 0.25) is 0 Å². The summed E-state index contributed by atoms with van der Waals surface area (Å²) in [4.78, 5) is 14.4. The molecule has 3 nitrogen and oxygen atoms in total. The summed E-state index contributed by atoms with van der Waals surface area (Å²) in [6.07, 6.45) is 2.13. The van der Waals surface area contributed by atoms with Gasteiger partial charge in [-0.2, -0.15) is 0 Å². The standard InChI is InChI=1S/C14H19ClN2O/c1-10-5-6-11(8-16)9-17(10)14(18)12-3-2-4-13(15)7-12/h2-4,7,10-11H,5-6,8-9,16H2,1H3. The SMILES string of the molecule is CC1CCC(CN)CN1C(=O)c1cccc(Cl)c1. The normalized spacial score (nSPS) is 24.1. The van der Waals surface area contributed by atoms with E-state index in [1.807, 2.05) is 17.0 Å². The first kappa shape index (κ1) is 13.4. The zero-order valence-corrected chi connectivity index (χ0v) is 11.4. The Balaban J connectivity index is 2.16. The Labute approximate surface area is 113 Å². The molecular formula is C14H19ClN2O. The third-order valence-electron chi connectivity index (χ3n) is 3.65. The van der Waals surface area contributed by atoms with Gasteiger partial charge in [0, 0.05) is 23.2 Å². The molecule has 2 N–H and O–H groups in total. The van der Waals surface area contributed by atoms with Crippen molar-refractivity contribution in [2.24, 2.45) is 11.7 Å². The van der Waals surface area contributed by atoms with Crippen molar-refractivity contribution < 1.29 is 4.79 Å². The minimum Gasteiger partial charge on any atom is -0.336 e. The fourth-order valence-corrected chi connectivity index (χ4v) is 2.64. The number of hydrogen-bond acceptors (Lipinski definition) is 2. The summed E-state index contributed by atoms with van der Waals surface area (Å²) in [6, 6.07) is 7.40. The molecule has 1 aliphatic heterocycles. The van der Waals surface area contributed by atoms with E-state index in [-0.39, 0.29) is 11.9 Å². The summed E-state index contributed by atoms with van der Waals surface area (Å²) in [5.74, 6) is 0.479. The average Bonchev–Trinajstić information content (AvgIpc) is 2.38. The molecule has 4 heteroatoms. The first-order valence-corrected chi connectivity index (χ1v) is 6.76. The number of piperidine rings is 1. The van der Waals surface area contributed by atoms with Crippen LogP contribution >= 0.6 is 11.6 Å². The highest BCUT2D eigenvalue weighted by molar-refractivity contribution is 6.30. The third kappa shape index (κ3) is 2.85. The van der Waals surface area contributed by atoms with Crippen molar-refractivity contribution in [3.05, 3.63) is 34.9 Å². The topological polar surface area (TPSA) is 46.3 Å². The van der Waals surface area contributed by atoms with E-state index in [0.717, 1.165) is 19.4 Å². The second-order valence-corrected chi connectivity index (χ2v) is 5.43. The zero-order chi connectivity index (χ0) is 13.1. The third-order valence-corrected chi connectivity index (χ3v) is 3.88. The second-order valence-electron chi connectivity index (χ2n) is 5.00. The predicted molar refractivity (Wildman–Crippen MR) is 73.7 cm³/mol. The molecule has 98 valence electrons. The Morgan fingerprint density at radius 1 is 1.50 bits per heavy atom. The number of benzene rings is 1. The van der Waals surface area contributed by atoms with Gasteiger partial charge >= 0.3 is 0 Å². The van der Waals surface area contributed by atoms with Crippen LogP contribution in [0.2, 0.25) is 5.02 Å². The van der Waals surface area contributed by atoms with Crippen molar-refractivity contribution in [1.82, 2.24) is 4.90 Å². The van der Waals surface area contributed by atoms with Gasteiger partial charge in [0.15, 0.2) is 0 Å². The zero-order valence-electron chi connectivity index (χ0n) is 10.6. The minimum absolute atomic E-state index is 0.0585. The molecule has 18 heavy (non-hydrogen) atoms. The first-order valence-electron chi connectivity index (χ1n) is 6.38. The lowest BCUT2D eigenvalue weighted by Crippen LogP contribution is -2.47. The highest BCUT2D eigenvalue weighted by Gasteiger charge is 2.28. The molecule has 1 aromatic carbocycles. The van der Waals surface area contributed by atoms with Gasteiger partial charge in [0.1, 0.15) is 0 Å². The molecule has 1 saturated heterocycles. The molecule has 1 aromatic rings. The molecule has 0 aromatic heterocycles. The van der Waals surface area contributed by atoms with E-state index >= 15 is 0 Å². The second kappa shape index (κ2) is 5.72. The van der Waals surface area contributed by atoms with Gasteiger partial charge in [-0.15, -0.1) is 0 Å². The van der Waals surface area contributed by atoms with Crippen LogP contribution in [-0.4, -0.2) is 29.9 Å². The minimum atomic E-state index is 0.0585. The summed E-state index contributed by atoms with van der Waals surface area (Å²) in [5, 5.41) is 0.598. The largest absolute Gasteiger partial charge is 0.336 e. The number of halogens is 1. The van der Waals surface area contributed by atoms with Crippen LogP contribution in [0, 0.1) is 5.92 Å². The van der Waals surface area contributed by atoms with Crippen LogP contribution in [-0.2, 0) is 0 Å². The fourth-order valence-electron chi connectivity index (χ4n) is 2.44. The van der Waals surface area contributed by atoms with Crippen molar-refractivity contribution in [3.63, 3.8) is 0 Å². The Morgan fingerprint density at radius 3 is 2.94 bits per heavy atom. The van der Waals surface area contributed by atoms with Crippen LogP contribution in [0.25, 0.3) is 0 Å². The van der Waals surface area contributed by atoms with Crippen molar-refractivity contribution in [3.8, 4) is 0 Å². The van der Waals surface area contributed by atoms with Gasteiger partial charge in [-0.3, -0.25) is 4.79 Å². The maximum Gasteiger partial charge on any atom is 0.254 e. The lowest BCUT2D eigenvalue weighted by atomic mass is 9.93. The number of nitrogens with zero attached hydrogens (tertiary/aromatic N) is 1. The average molecular weight is 267 g/mol. The van der Waals surface area contributed by atoms with Crippen molar-refractivity contribution in [1.29, 1.82) is 0 Å². The Morgan fingerprint density at radius 2 is 2.28 bits per heavy atom. The maximum absolute atomic E-state index is 12.5. The van der Waals surface area contributed by atoms with E-state index in [4.69, 9.17) is 17.3 Å². The fraction of sp³-hybridized carbons (Fsp3) is 0.500. The van der Waals surface area contributed by atoms with E-state index in [0.29, 0.717) is 23.0 Å². The van der Waals surface area contributed by atoms with Gasteiger partial charge in [-0.05, 0) is 50.4 Å². The number of rotatable bonds is 2. The Hall–Kier alpha value is -1.06. The molecule has 0 saturated carbocycles. The molecule has 2 rings (SSSR count). The van der Waals surface area contributed by atoms with E-state index in [2.05, 4.69) is 6.92 Å². The molecule has 1 heterocycles. The molecule has 1 fully saturated rings. The van der Waals surface area contributed by atoms with E-state index in [1.54, 1.807) is 12.1 Å². The van der Waals surface area contributed by atoms with Gasteiger partial charge < -0.3 is 10.6 Å². The molecular weight excluding hydrogens is 248 g/mol. The number of carbonyl (C=O) groups excluding carboxylic acids is 1. The molecule has 0 spiro atoms. The van der Waals surface area contributed by atoms with E-state index < -0.39 is 0 Å². The van der Waals surface area contributed by atoms with Crippen molar-refractivity contribution >= 4 is 17.5 Å². The van der Waals surface area contributed by atoms with Gasteiger partial charge in [0.05, 0.1) is 0 Å². The summed E-state index contributed by atoms with van der Waals surface area (Å²) in [5.41, 5.74) is 6.37. The predicted octanol–water partition coefficient (Wildman–Crippen LogP) is 2.54. The Bertz CT molecular complexity index is 436. The van der Waals surface area contributed by atoms with Gasteiger partial charge in [-0.25, -0.2) is 0 Å². The monoisotopic (exact) mass is 266 g/mol. The van der Waals surface area contributed by atoms with Crippen LogP contribution < -0.4 is 5.73 Å². The number of carbonyl (C=O) groups is 1. The lowest BCUT2D eigenvalue weighted by Gasteiger charge is -2.37. The summed E-state index contributed by atoms with van der Waals surface area (Å²) >= 11 is 5.93. The molecule has 0 radical (unpaired) electrons. The molecule has 0 aliphatic carbocycles. The quantitative estimate of drug-likeness (QED) is 0.894. The molecule has 2 atom stereocenters. The highest BCUT2D eigenvalue weighted by atomic mass is 35.5. The van der Waals surface area contributed by atoms with E-state index in [1.165, 1.54) is 0 Å². The van der Waals surface area contributed by atoms with Crippen molar-refractivity contribution in [2.75, 3.05) is 13.1 Å². The van der Waals surface area contributed by atoms with E-state index in [9.17, 15) is 4.79 Å². The number of nitrogens with two attached hydrogens (primary N) is 1. The van der Waals surface area contributed by atoms with Crippen LogP contribution in [0.4, 0.5) is 0 Å². The lowest BCUT2D eigenvalue weighted by molar-refractivity contribution is 0.0567. The summed E-state index contributed by atoms with van der Waals surface area (Å²) in [7, 11) is 0. The molecule has 0 bridgehead atoms. The number of amides is 1. The smallest absolute Gasteiger partial charge is 0.254 e. The molecule has 1 aliphatic rings. The van der Waals surface area contributed by atoms with Crippen LogP contribution in [0.5, 0.6) is 0 Å². The first-order chi connectivity index (χ1) is 8.61. The number of hydrogen-bond donors (Lipinski definition) is 1. The Kier molecular flexibility index (Phi) is 4.25. The maximum atomic E-state index is 12.5. The summed E-state index contributed by atoms with van der Waals surface area (Å²) in [6.45, 7) is 3.49. The van der Waals surface area contributed by atoms with Gasteiger partial charge in [0.25, 0.3) is 5.91 Å². The van der Waals surface area contributed by atoms with Crippen LogP contribution in [0.15, 0.2) is 24.3 Å².